The van der Waals surface area contributed by atoms with Crippen molar-refractivity contribution in [3.8, 4) is 0 Å². The van der Waals surface area contributed by atoms with Crippen molar-refractivity contribution in [2.75, 3.05) is 4.90 Å². The fraction of sp³-hybridized carbons (Fsp3) is 0.235. The van der Waals surface area contributed by atoms with Gasteiger partial charge < -0.3 is 0 Å². The van der Waals surface area contributed by atoms with Crippen LogP contribution < -0.4 is 4.90 Å². The first-order chi connectivity index (χ1) is 11.5. The molecule has 0 saturated carbocycles. The highest BCUT2D eigenvalue weighted by Gasteiger charge is 2.73. The quantitative estimate of drug-likeness (QED) is 0.663. The number of para-hydroxylation sites is 2. The Kier molecular flexibility index (Phi) is 4.83. The molecule has 2 rings (SSSR count). The highest BCUT2D eigenvalue weighted by atomic mass is 19.4. The van der Waals surface area contributed by atoms with E-state index in [1.807, 2.05) is 0 Å². The fourth-order valence-electron chi connectivity index (χ4n) is 2.16. The second-order valence-electron chi connectivity index (χ2n) is 5.43. The molecule has 0 unspecified atom stereocenters. The molecule has 0 atom stereocenters. The van der Waals surface area contributed by atoms with Crippen molar-refractivity contribution < 1.29 is 31.1 Å². The van der Waals surface area contributed by atoms with Crippen LogP contribution in [0.1, 0.15) is 6.92 Å². The summed E-state index contributed by atoms with van der Waals surface area (Å²) in [4.78, 5) is 13.0. The highest BCUT2D eigenvalue weighted by molar-refractivity contribution is 6.04. The number of carbonyl (C=O) groups excluding carboxylic acids is 1. The van der Waals surface area contributed by atoms with E-state index in [-0.39, 0.29) is 18.3 Å². The van der Waals surface area contributed by atoms with Gasteiger partial charge in [0.15, 0.2) is 0 Å². The van der Waals surface area contributed by atoms with E-state index in [9.17, 15) is 31.1 Å². The maximum Gasteiger partial charge on any atom is 0.411 e. The molecule has 0 heterocycles. The number of rotatable bonds is 3. The van der Waals surface area contributed by atoms with Crippen LogP contribution in [0.2, 0.25) is 0 Å². The van der Waals surface area contributed by atoms with Crippen LogP contribution >= 0.6 is 0 Å². The molecule has 2 nitrogen and oxygen atoms in total. The van der Waals surface area contributed by atoms with E-state index in [0.29, 0.717) is 4.90 Å². The summed E-state index contributed by atoms with van der Waals surface area (Å²) in [6.45, 7) is -0.145. The number of carbonyl (C=O) groups is 1. The molecule has 134 valence electrons. The van der Waals surface area contributed by atoms with E-state index in [1.54, 1.807) is 0 Å². The van der Waals surface area contributed by atoms with Crippen molar-refractivity contribution in [2.45, 2.75) is 19.3 Å². The summed E-state index contributed by atoms with van der Waals surface area (Å²) in [6, 6.07) is 13.8. The molecule has 0 aliphatic heterocycles. The van der Waals surface area contributed by atoms with E-state index < -0.39 is 23.7 Å². The average Bonchev–Trinajstić information content (AvgIpc) is 2.54. The average molecular weight is 361 g/mol. The molecule has 0 aliphatic carbocycles. The van der Waals surface area contributed by atoms with Crippen molar-refractivity contribution >= 4 is 17.3 Å². The summed E-state index contributed by atoms with van der Waals surface area (Å²) in [7, 11) is 0. The Hall–Kier alpha value is -2.51. The molecule has 0 N–H and O–H groups in total. The zero-order valence-electron chi connectivity index (χ0n) is 12.9. The minimum atomic E-state index is -5.82. The Morgan fingerprint density at radius 1 is 0.720 bits per heavy atom. The molecular formula is C17H13F6NO. The summed E-state index contributed by atoms with van der Waals surface area (Å²) in [5, 5.41) is 0. The van der Waals surface area contributed by atoms with Crippen molar-refractivity contribution in [3.05, 3.63) is 60.7 Å². The van der Waals surface area contributed by atoms with Crippen LogP contribution in [0.25, 0.3) is 0 Å². The smallest absolute Gasteiger partial charge is 0.280 e. The van der Waals surface area contributed by atoms with E-state index in [1.165, 1.54) is 60.7 Å². The van der Waals surface area contributed by atoms with Gasteiger partial charge >= 0.3 is 12.4 Å². The predicted octanol–water partition coefficient (Wildman–Crippen LogP) is 5.48. The maximum atomic E-state index is 13.3. The molecule has 2 aromatic carbocycles. The third-order valence-corrected chi connectivity index (χ3v) is 3.79. The van der Waals surface area contributed by atoms with Crippen LogP contribution in [0.4, 0.5) is 37.7 Å². The van der Waals surface area contributed by atoms with Gasteiger partial charge in [-0.25, -0.2) is 0 Å². The van der Waals surface area contributed by atoms with Crippen molar-refractivity contribution in [2.24, 2.45) is 5.41 Å². The standard InChI is InChI=1S/C17H13F6NO/c1-15(16(18,19)20,17(21,22)23)14(25)24(12-8-4-2-5-9-12)13-10-6-3-7-11-13/h2-11H,1H3. The number of halogens is 6. The van der Waals surface area contributed by atoms with Gasteiger partial charge in [0.25, 0.3) is 5.91 Å². The summed E-state index contributed by atoms with van der Waals surface area (Å²) < 4.78 is 79.7. The van der Waals surface area contributed by atoms with Gasteiger partial charge in [-0.2, -0.15) is 26.3 Å². The summed E-state index contributed by atoms with van der Waals surface area (Å²) in [6.07, 6.45) is -11.6. The van der Waals surface area contributed by atoms with Crippen LogP contribution in [0.3, 0.4) is 0 Å². The number of hydrogen-bond donors (Lipinski definition) is 0. The number of alkyl halides is 6. The van der Waals surface area contributed by atoms with Gasteiger partial charge in [0.05, 0.1) is 0 Å². The Morgan fingerprint density at radius 2 is 1.04 bits per heavy atom. The van der Waals surface area contributed by atoms with Crippen molar-refractivity contribution in [1.82, 2.24) is 0 Å². The second-order valence-corrected chi connectivity index (χ2v) is 5.43. The Balaban J connectivity index is 2.67. The molecule has 25 heavy (non-hydrogen) atoms. The second kappa shape index (κ2) is 6.42. The maximum absolute atomic E-state index is 13.3. The third kappa shape index (κ3) is 3.33. The zero-order valence-corrected chi connectivity index (χ0v) is 12.9. The van der Waals surface area contributed by atoms with Crippen LogP contribution in [0.5, 0.6) is 0 Å². The molecule has 2 aromatic rings. The third-order valence-electron chi connectivity index (χ3n) is 3.79. The molecule has 0 radical (unpaired) electrons. The SMILES string of the molecule is CC(C(=O)N(c1ccccc1)c1ccccc1)(C(F)(F)F)C(F)(F)F. The van der Waals surface area contributed by atoms with Gasteiger partial charge in [-0.1, -0.05) is 36.4 Å². The van der Waals surface area contributed by atoms with Crippen LogP contribution in [0.15, 0.2) is 60.7 Å². The lowest BCUT2D eigenvalue weighted by molar-refractivity contribution is -0.317. The van der Waals surface area contributed by atoms with Gasteiger partial charge in [0.2, 0.25) is 5.41 Å². The molecule has 8 heteroatoms. The van der Waals surface area contributed by atoms with Crippen molar-refractivity contribution in [3.63, 3.8) is 0 Å². The lowest BCUT2D eigenvalue weighted by Gasteiger charge is -2.37. The monoisotopic (exact) mass is 361 g/mol. The highest BCUT2D eigenvalue weighted by Crippen LogP contribution is 2.52. The van der Waals surface area contributed by atoms with E-state index >= 15 is 0 Å². The molecule has 1 amide bonds. The molecule has 0 saturated heterocycles. The summed E-state index contributed by atoms with van der Waals surface area (Å²) >= 11 is 0. The number of benzene rings is 2. The number of amides is 1. The van der Waals surface area contributed by atoms with Crippen LogP contribution in [0, 0.1) is 5.41 Å². The van der Waals surface area contributed by atoms with Crippen molar-refractivity contribution in [1.29, 1.82) is 0 Å². The minimum Gasteiger partial charge on any atom is -0.280 e. The molecule has 0 fully saturated rings. The normalized spacial score (nSPS) is 12.8. The van der Waals surface area contributed by atoms with E-state index in [4.69, 9.17) is 0 Å². The molecule has 0 bridgehead atoms. The number of nitrogens with zero attached hydrogens (tertiary/aromatic N) is 1. The largest absolute Gasteiger partial charge is 0.411 e. The Labute approximate surface area is 139 Å². The molecule has 0 aliphatic rings. The van der Waals surface area contributed by atoms with E-state index in [0.717, 1.165) is 0 Å². The Bertz CT molecular complexity index is 671. The summed E-state index contributed by atoms with van der Waals surface area (Å²) in [5.74, 6) is -2.12. The minimum absolute atomic E-state index is 0.0987. The zero-order chi connectivity index (χ0) is 18.9. The first-order valence-electron chi connectivity index (χ1n) is 7.08. The summed E-state index contributed by atoms with van der Waals surface area (Å²) in [5.41, 5.74) is -4.75. The van der Waals surface area contributed by atoms with Gasteiger partial charge in [0, 0.05) is 11.4 Å². The van der Waals surface area contributed by atoms with Gasteiger partial charge in [0.1, 0.15) is 0 Å². The van der Waals surface area contributed by atoms with Gasteiger partial charge in [-0.15, -0.1) is 0 Å². The topological polar surface area (TPSA) is 20.3 Å². The molecule has 0 spiro atoms. The lowest BCUT2D eigenvalue weighted by Crippen LogP contribution is -2.57. The number of hydrogen-bond acceptors (Lipinski definition) is 1. The molecule has 0 aromatic heterocycles. The fourth-order valence-corrected chi connectivity index (χ4v) is 2.16. The number of anilines is 2. The van der Waals surface area contributed by atoms with E-state index in [2.05, 4.69) is 0 Å². The van der Waals surface area contributed by atoms with Gasteiger partial charge in [-0.05, 0) is 31.2 Å². The molecular weight excluding hydrogens is 348 g/mol. The lowest BCUT2D eigenvalue weighted by atomic mass is 9.86. The first-order valence-corrected chi connectivity index (χ1v) is 7.08. The van der Waals surface area contributed by atoms with Crippen LogP contribution in [-0.2, 0) is 4.79 Å². The first kappa shape index (κ1) is 18.8. The Morgan fingerprint density at radius 3 is 1.32 bits per heavy atom. The van der Waals surface area contributed by atoms with Gasteiger partial charge in [-0.3, -0.25) is 9.69 Å². The predicted molar refractivity (Wildman–Crippen MR) is 80.2 cm³/mol. The van der Waals surface area contributed by atoms with Crippen LogP contribution in [-0.4, -0.2) is 18.3 Å².